The van der Waals surface area contributed by atoms with E-state index in [2.05, 4.69) is 9.72 Å². The Morgan fingerprint density at radius 2 is 1.69 bits per heavy atom. The van der Waals surface area contributed by atoms with Crippen LogP contribution in [-0.4, -0.2) is 41.0 Å². The van der Waals surface area contributed by atoms with Crippen molar-refractivity contribution in [1.82, 2.24) is 4.98 Å². The number of fused-ring (bicyclic) bond motifs is 1. The maximum Gasteiger partial charge on any atom is 0.419 e. The number of carboxylic acid groups (broad SMARTS) is 1. The number of carbonyl (C=O) groups is 2. The highest BCUT2D eigenvalue weighted by Gasteiger charge is 2.45. The standard InChI is InChI=1S/C22H19F5N2O5S2/c23-21(24,25)12-22(26,27)34-15-7-5-14(6-8-15)33-20(32)29(10-2-1-3-18(30)31)13-4-9-16-17(11-13)36-19(35)28-16/h4-9,11H,1-3,10,12H2,(H,28,35)(H,30,31). The summed E-state index contributed by atoms with van der Waals surface area (Å²) in [5, 5.41) is 8.84. The number of benzene rings is 2. The van der Waals surface area contributed by atoms with Gasteiger partial charge in [-0.25, -0.2) is 4.79 Å². The third-order valence-electron chi connectivity index (χ3n) is 4.66. The van der Waals surface area contributed by atoms with E-state index in [1.807, 2.05) is 0 Å². The maximum atomic E-state index is 13.4. The Morgan fingerprint density at radius 1 is 1.03 bits per heavy atom. The van der Waals surface area contributed by atoms with Gasteiger partial charge in [-0.05, 0) is 67.5 Å². The van der Waals surface area contributed by atoms with Crippen molar-refractivity contribution in [2.75, 3.05) is 11.4 Å². The Hall–Kier alpha value is -3.26. The monoisotopic (exact) mass is 550 g/mol. The lowest BCUT2D eigenvalue weighted by atomic mass is 10.2. The first-order valence-electron chi connectivity index (χ1n) is 10.4. The van der Waals surface area contributed by atoms with Crippen LogP contribution in [0.4, 0.5) is 32.4 Å². The van der Waals surface area contributed by atoms with E-state index >= 15 is 0 Å². The lowest BCUT2D eigenvalue weighted by molar-refractivity contribution is -0.255. The molecule has 2 N–H and O–H groups in total. The molecule has 0 unspecified atom stereocenters. The van der Waals surface area contributed by atoms with E-state index in [1.165, 1.54) is 16.2 Å². The minimum atomic E-state index is -5.12. The minimum absolute atomic E-state index is 0.0691. The normalized spacial score (nSPS) is 11.9. The van der Waals surface area contributed by atoms with Gasteiger partial charge in [-0.1, -0.05) is 0 Å². The van der Waals surface area contributed by atoms with Gasteiger partial charge in [-0.2, -0.15) is 22.0 Å². The van der Waals surface area contributed by atoms with Gasteiger partial charge < -0.3 is 19.6 Å². The van der Waals surface area contributed by atoms with E-state index in [-0.39, 0.29) is 18.7 Å². The number of thiazole rings is 1. The molecule has 0 bridgehead atoms. The summed E-state index contributed by atoms with van der Waals surface area (Å²) >= 11 is 6.43. The summed E-state index contributed by atoms with van der Waals surface area (Å²) in [7, 11) is 0. The largest absolute Gasteiger partial charge is 0.481 e. The van der Waals surface area contributed by atoms with E-state index in [4.69, 9.17) is 22.1 Å². The number of H-pyrrole nitrogens is 1. The number of hydrogen-bond acceptors (Lipinski definition) is 6. The van der Waals surface area contributed by atoms with Crippen molar-refractivity contribution >= 4 is 51.5 Å². The van der Waals surface area contributed by atoms with Crippen LogP contribution >= 0.6 is 23.6 Å². The molecule has 0 aliphatic carbocycles. The molecule has 0 aliphatic rings. The maximum absolute atomic E-state index is 13.4. The molecular formula is C22H19F5N2O5S2. The van der Waals surface area contributed by atoms with Crippen LogP contribution < -0.4 is 14.4 Å². The summed E-state index contributed by atoms with van der Waals surface area (Å²) in [5.41, 5.74) is 1.23. The molecule has 36 heavy (non-hydrogen) atoms. The number of ether oxygens (including phenoxy) is 2. The first-order chi connectivity index (χ1) is 16.8. The number of aromatic amines is 1. The van der Waals surface area contributed by atoms with Gasteiger partial charge in [-0.3, -0.25) is 9.69 Å². The molecule has 14 heteroatoms. The van der Waals surface area contributed by atoms with Gasteiger partial charge in [0.15, 0.2) is 3.95 Å². The fourth-order valence-corrected chi connectivity index (χ4v) is 4.30. The molecule has 3 aromatic rings. The summed E-state index contributed by atoms with van der Waals surface area (Å²) in [6, 6.07) is 9.18. The van der Waals surface area contributed by atoms with E-state index < -0.39 is 36.5 Å². The molecular weight excluding hydrogens is 531 g/mol. The summed E-state index contributed by atoms with van der Waals surface area (Å²) in [4.78, 5) is 28.0. The number of alkyl halides is 5. The third-order valence-corrected chi connectivity index (χ3v) is 5.86. The number of unbranched alkanes of at least 4 members (excludes halogenated alkanes) is 1. The molecule has 0 spiro atoms. The lowest BCUT2D eigenvalue weighted by Crippen LogP contribution is -2.34. The van der Waals surface area contributed by atoms with Crippen LogP contribution in [-0.2, 0) is 4.79 Å². The highest BCUT2D eigenvalue weighted by Crippen LogP contribution is 2.34. The van der Waals surface area contributed by atoms with Crippen LogP contribution in [0.3, 0.4) is 0 Å². The molecule has 0 saturated carbocycles. The van der Waals surface area contributed by atoms with Crippen LogP contribution in [0.2, 0.25) is 0 Å². The van der Waals surface area contributed by atoms with Gasteiger partial charge in [0.2, 0.25) is 0 Å². The molecule has 0 saturated heterocycles. The second-order valence-electron chi connectivity index (χ2n) is 7.57. The van der Waals surface area contributed by atoms with Crippen molar-refractivity contribution in [3.8, 4) is 11.5 Å². The zero-order valence-corrected chi connectivity index (χ0v) is 19.9. The first kappa shape index (κ1) is 27.3. The van der Waals surface area contributed by atoms with Gasteiger partial charge in [0.05, 0.1) is 10.2 Å². The second kappa shape index (κ2) is 11.2. The van der Waals surface area contributed by atoms with Gasteiger partial charge in [0, 0.05) is 18.7 Å². The Labute approximate surface area is 210 Å². The predicted molar refractivity (Wildman–Crippen MR) is 125 cm³/mol. The van der Waals surface area contributed by atoms with Gasteiger partial charge in [0.25, 0.3) is 0 Å². The lowest BCUT2D eigenvalue weighted by Gasteiger charge is -2.22. The number of amides is 1. The van der Waals surface area contributed by atoms with Gasteiger partial charge in [0.1, 0.15) is 17.9 Å². The number of carbonyl (C=O) groups excluding carboxylic acids is 1. The summed E-state index contributed by atoms with van der Waals surface area (Å²) in [6.07, 6.45) is -12.3. The third kappa shape index (κ3) is 8.16. The molecule has 2 aromatic carbocycles. The van der Waals surface area contributed by atoms with Crippen molar-refractivity contribution in [3.63, 3.8) is 0 Å². The topological polar surface area (TPSA) is 91.9 Å². The molecule has 1 heterocycles. The molecule has 7 nitrogen and oxygen atoms in total. The van der Waals surface area contributed by atoms with Crippen LogP contribution in [0.1, 0.15) is 25.7 Å². The number of carboxylic acids is 1. The highest BCUT2D eigenvalue weighted by molar-refractivity contribution is 7.73. The SMILES string of the molecule is O=C(O)CCCCN(C(=O)Oc1ccc(OC(F)(F)CC(F)(F)F)cc1)c1ccc2[nH]c(=S)sc2c1. The number of aromatic nitrogens is 1. The van der Waals surface area contributed by atoms with E-state index in [9.17, 15) is 31.5 Å². The van der Waals surface area contributed by atoms with Crippen molar-refractivity contribution < 1.29 is 46.1 Å². The number of nitrogens with one attached hydrogen (secondary N) is 1. The van der Waals surface area contributed by atoms with Crippen molar-refractivity contribution in [1.29, 1.82) is 0 Å². The number of nitrogens with zero attached hydrogens (tertiary/aromatic N) is 1. The number of hydrogen-bond donors (Lipinski definition) is 2. The summed E-state index contributed by atoms with van der Waals surface area (Å²) in [6.45, 7) is 0.123. The molecule has 194 valence electrons. The average Bonchev–Trinajstić information content (AvgIpc) is 3.12. The Kier molecular flexibility index (Phi) is 8.51. The minimum Gasteiger partial charge on any atom is -0.481 e. The quantitative estimate of drug-likeness (QED) is 0.158. The second-order valence-corrected chi connectivity index (χ2v) is 9.29. The van der Waals surface area contributed by atoms with Crippen LogP contribution in [0.15, 0.2) is 42.5 Å². The number of aliphatic carboxylic acids is 1. The van der Waals surface area contributed by atoms with Crippen LogP contribution in [0, 0.1) is 3.95 Å². The van der Waals surface area contributed by atoms with E-state index in [0.29, 0.717) is 22.5 Å². The highest BCUT2D eigenvalue weighted by atomic mass is 32.1. The van der Waals surface area contributed by atoms with Crippen molar-refractivity contribution in [2.45, 2.75) is 38.0 Å². The summed E-state index contributed by atoms with van der Waals surface area (Å²) < 4.78 is 74.4. The number of rotatable bonds is 10. The molecule has 1 amide bonds. The number of anilines is 1. The smallest absolute Gasteiger partial charge is 0.419 e. The van der Waals surface area contributed by atoms with E-state index in [0.717, 1.165) is 34.5 Å². The van der Waals surface area contributed by atoms with Crippen molar-refractivity contribution in [3.05, 3.63) is 46.4 Å². The number of halogens is 5. The fraction of sp³-hybridized carbons (Fsp3) is 0.318. The fourth-order valence-electron chi connectivity index (χ4n) is 3.15. The van der Waals surface area contributed by atoms with Crippen LogP contribution in [0.5, 0.6) is 11.5 Å². The zero-order valence-electron chi connectivity index (χ0n) is 18.3. The first-order valence-corrected chi connectivity index (χ1v) is 11.6. The average molecular weight is 551 g/mol. The molecule has 1 aromatic heterocycles. The van der Waals surface area contributed by atoms with E-state index in [1.54, 1.807) is 18.2 Å². The van der Waals surface area contributed by atoms with Gasteiger partial charge >= 0.3 is 24.3 Å². The summed E-state index contributed by atoms with van der Waals surface area (Å²) in [5.74, 6) is -1.59. The van der Waals surface area contributed by atoms with Crippen molar-refractivity contribution in [2.24, 2.45) is 0 Å². The Morgan fingerprint density at radius 3 is 2.33 bits per heavy atom. The molecule has 0 atom stereocenters. The molecule has 0 aliphatic heterocycles. The predicted octanol–water partition coefficient (Wildman–Crippen LogP) is 7.14. The molecule has 0 radical (unpaired) electrons. The molecule has 3 rings (SSSR count). The van der Waals surface area contributed by atoms with Crippen LogP contribution in [0.25, 0.3) is 10.2 Å². The zero-order chi connectivity index (χ0) is 26.5. The Bertz CT molecular complexity index is 1270. The van der Waals surface area contributed by atoms with Gasteiger partial charge in [-0.15, -0.1) is 11.3 Å². The molecule has 0 fully saturated rings. The Balaban J connectivity index is 1.73.